The maximum atomic E-state index is 3.65. The topological polar surface area (TPSA) is 14.1 Å². The standard InChI is InChI=1S/C45H27NS/c1-3-11-30-25-32(19-17-28(30)9-1)42-36-14-5-6-15-37(36)43(33-20-18-29-10-2-4-12-31(29)26-33)40-27-34(21-22-38(40)42)44-45-39(23-24-46-44)35-13-7-8-16-41(35)47-45/h1-27H/p+1. The fourth-order valence-electron chi connectivity index (χ4n) is 7.55. The Hall–Kier alpha value is -5.83. The molecular weight excluding hydrogens is 587 g/mol. The lowest BCUT2D eigenvalue weighted by Crippen LogP contribution is -2.05. The summed E-state index contributed by atoms with van der Waals surface area (Å²) in [5.74, 6) is 0. The highest BCUT2D eigenvalue weighted by molar-refractivity contribution is 7.26. The first-order valence-electron chi connectivity index (χ1n) is 16.1. The van der Waals surface area contributed by atoms with Crippen molar-refractivity contribution in [3.63, 3.8) is 0 Å². The molecule has 0 aliphatic rings. The Balaban J connectivity index is 1.33. The van der Waals surface area contributed by atoms with Crippen LogP contribution in [0.1, 0.15) is 0 Å². The van der Waals surface area contributed by atoms with Gasteiger partial charge in [0.15, 0.2) is 6.20 Å². The van der Waals surface area contributed by atoms with Crippen LogP contribution in [0.15, 0.2) is 164 Å². The molecule has 218 valence electrons. The second-order valence-electron chi connectivity index (χ2n) is 12.4. The van der Waals surface area contributed by atoms with Crippen molar-refractivity contribution in [2.75, 3.05) is 0 Å². The van der Waals surface area contributed by atoms with E-state index in [1.165, 1.54) is 91.1 Å². The molecular formula is C45H28NS+. The number of nitrogens with one attached hydrogen (secondary N) is 1. The van der Waals surface area contributed by atoms with Gasteiger partial charge in [0.2, 0.25) is 5.69 Å². The number of rotatable bonds is 3. The summed E-state index contributed by atoms with van der Waals surface area (Å²) in [6.45, 7) is 0. The molecule has 0 fully saturated rings. The van der Waals surface area contributed by atoms with Gasteiger partial charge in [-0.05, 0) is 95.7 Å². The van der Waals surface area contributed by atoms with E-state index in [2.05, 4.69) is 169 Å². The SMILES string of the molecule is c1ccc2cc(-c3c4ccccc4c(-c4ccc5ccccc5c4)c4cc(-c5[nH+]ccc6c5sc5ccccc56)ccc34)ccc2c1. The van der Waals surface area contributed by atoms with Crippen LogP contribution in [0.25, 0.3) is 96.8 Å². The number of aromatic amines is 1. The summed E-state index contributed by atoms with van der Waals surface area (Å²) in [5.41, 5.74) is 7.38. The lowest BCUT2D eigenvalue weighted by atomic mass is 9.84. The van der Waals surface area contributed by atoms with Gasteiger partial charge in [0.25, 0.3) is 0 Å². The minimum Gasteiger partial charge on any atom is -0.210 e. The Kier molecular flexibility index (Phi) is 5.81. The van der Waals surface area contributed by atoms with E-state index in [0.29, 0.717) is 0 Å². The maximum absolute atomic E-state index is 3.65. The normalized spacial score (nSPS) is 11.8. The maximum Gasteiger partial charge on any atom is 0.228 e. The molecule has 10 rings (SSSR count). The van der Waals surface area contributed by atoms with Gasteiger partial charge < -0.3 is 0 Å². The quantitative estimate of drug-likeness (QED) is 0.176. The average Bonchev–Trinajstić information content (AvgIpc) is 3.52. The first-order chi connectivity index (χ1) is 23.3. The number of aromatic nitrogens is 1. The van der Waals surface area contributed by atoms with Crippen LogP contribution in [0.5, 0.6) is 0 Å². The van der Waals surface area contributed by atoms with E-state index >= 15 is 0 Å². The first kappa shape index (κ1) is 26.4. The molecule has 0 spiro atoms. The monoisotopic (exact) mass is 614 g/mol. The number of thiophene rings is 1. The van der Waals surface area contributed by atoms with Crippen LogP contribution in [0.2, 0.25) is 0 Å². The predicted molar refractivity (Wildman–Crippen MR) is 202 cm³/mol. The van der Waals surface area contributed by atoms with Gasteiger partial charge in [0, 0.05) is 27.1 Å². The molecule has 1 nitrogen and oxygen atoms in total. The minimum atomic E-state index is 1.16. The highest BCUT2D eigenvalue weighted by Gasteiger charge is 2.21. The summed E-state index contributed by atoms with van der Waals surface area (Å²) < 4.78 is 2.60. The third kappa shape index (κ3) is 4.12. The Morgan fingerprint density at radius 3 is 1.57 bits per heavy atom. The van der Waals surface area contributed by atoms with Gasteiger partial charge >= 0.3 is 0 Å². The fraction of sp³-hybridized carbons (Fsp3) is 0. The average molecular weight is 615 g/mol. The molecule has 0 bridgehead atoms. The van der Waals surface area contributed by atoms with Crippen LogP contribution >= 0.6 is 11.3 Å². The third-order valence-electron chi connectivity index (χ3n) is 9.73. The zero-order valence-electron chi connectivity index (χ0n) is 25.5. The van der Waals surface area contributed by atoms with Crippen molar-refractivity contribution in [1.29, 1.82) is 0 Å². The number of hydrogen-bond acceptors (Lipinski definition) is 1. The van der Waals surface area contributed by atoms with Gasteiger partial charge in [-0.15, -0.1) is 11.3 Å². The van der Waals surface area contributed by atoms with Crippen molar-refractivity contribution in [3.8, 4) is 33.5 Å². The number of pyridine rings is 1. The molecule has 0 aliphatic carbocycles. The van der Waals surface area contributed by atoms with E-state index in [-0.39, 0.29) is 0 Å². The Morgan fingerprint density at radius 1 is 0.362 bits per heavy atom. The first-order valence-corrected chi connectivity index (χ1v) is 16.9. The Morgan fingerprint density at radius 2 is 0.894 bits per heavy atom. The molecule has 0 saturated heterocycles. The van der Waals surface area contributed by atoms with Gasteiger partial charge in [0.05, 0.1) is 0 Å². The molecule has 0 radical (unpaired) electrons. The van der Waals surface area contributed by atoms with E-state index in [1.807, 2.05) is 11.3 Å². The summed E-state index contributed by atoms with van der Waals surface area (Å²) in [5, 5.41) is 12.7. The number of fused-ring (bicyclic) bond motifs is 7. The molecule has 2 aromatic heterocycles. The highest BCUT2D eigenvalue weighted by atomic mass is 32.1. The number of hydrogen-bond donors (Lipinski definition) is 0. The smallest absolute Gasteiger partial charge is 0.210 e. The zero-order chi connectivity index (χ0) is 30.9. The van der Waals surface area contributed by atoms with Crippen LogP contribution in [0.4, 0.5) is 0 Å². The van der Waals surface area contributed by atoms with Crippen molar-refractivity contribution in [1.82, 2.24) is 0 Å². The fourth-order valence-corrected chi connectivity index (χ4v) is 8.77. The van der Waals surface area contributed by atoms with E-state index in [4.69, 9.17) is 0 Å². The zero-order valence-corrected chi connectivity index (χ0v) is 26.3. The Bertz CT molecular complexity index is 2860. The molecule has 2 heterocycles. The molecule has 8 aromatic carbocycles. The predicted octanol–water partition coefficient (Wildman–Crippen LogP) is 12.5. The molecule has 0 unspecified atom stereocenters. The highest BCUT2D eigenvalue weighted by Crippen LogP contribution is 2.46. The molecule has 47 heavy (non-hydrogen) atoms. The van der Waals surface area contributed by atoms with Crippen LogP contribution in [-0.4, -0.2) is 0 Å². The second kappa shape index (κ2) is 10.3. The molecule has 2 heteroatoms. The van der Waals surface area contributed by atoms with Gasteiger partial charge in [-0.3, -0.25) is 0 Å². The molecule has 1 N–H and O–H groups in total. The van der Waals surface area contributed by atoms with E-state index in [9.17, 15) is 0 Å². The molecule has 10 aromatic rings. The van der Waals surface area contributed by atoms with Crippen LogP contribution in [0, 0.1) is 0 Å². The second-order valence-corrected chi connectivity index (χ2v) is 13.4. The lowest BCUT2D eigenvalue weighted by molar-refractivity contribution is -0.362. The summed E-state index contributed by atoms with van der Waals surface area (Å²) in [7, 11) is 0. The minimum absolute atomic E-state index is 1.16. The van der Waals surface area contributed by atoms with Crippen molar-refractivity contribution < 1.29 is 4.98 Å². The van der Waals surface area contributed by atoms with Crippen molar-refractivity contribution in [2.45, 2.75) is 0 Å². The van der Waals surface area contributed by atoms with Crippen LogP contribution < -0.4 is 4.98 Å². The molecule has 0 saturated carbocycles. The number of H-pyrrole nitrogens is 1. The van der Waals surface area contributed by atoms with Crippen LogP contribution in [-0.2, 0) is 0 Å². The van der Waals surface area contributed by atoms with Crippen molar-refractivity contribution in [3.05, 3.63) is 164 Å². The van der Waals surface area contributed by atoms with Gasteiger partial charge in [0.1, 0.15) is 4.70 Å². The lowest BCUT2D eigenvalue weighted by Gasteiger charge is -2.19. The molecule has 0 aliphatic heterocycles. The van der Waals surface area contributed by atoms with Crippen molar-refractivity contribution in [2.24, 2.45) is 0 Å². The van der Waals surface area contributed by atoms with E-state index < -0.39 is 0 Å². The van der Waals surface area contributed by atoms with Gasteiger partial charge in [-0.2, -0.15) is 0 Å². The van der Waals surface area contributed by atoms with Gasteiger partial charge in [-0.25, -0.2) is 4.98 Å². The molecule has 0 atom stereocenters. The third-order valence-corrected chi connectivity index (χ3v) is 10.9. The van der Waals surface area contributed by atoms with Crippen molar-refractivity contribution >= 4 is 74.6 Å². The Labute approximate surface area is 276 Å². The summed E-state index contributed by atoms with van der Waals surface area (Å²) in [6.07, 6.45) is 2.09. The van der Waals surface area contributed by atoms with E-state index in [1.54, 1.807) is 0 Å². The molecule has 0 amide bonds. The van der Waals surface area contributed by atoms with Gasteiger partial charge in [-0.1, -0.05) is 121 Å². The largest absolute Gasteiger partial charge is 0.228 e. The summed E-state index contributed by atoms with van der Waals surface area (Å²) >= 11 is 1.86. The van der Waals surface area contributed by atoms with E-state index in [0.717, 1.165) is 5.69 Å². The summed E-state index contributed by atoms with van der Waals surface area (Å²) in [4.78, 5) is 3.65. The number of benzene rings is 8. The van der Waals surface area contributed by atoms with Crippen LogP contribution in [0.3, 0.4) is 0 Å². The summed E-state index contributed by atoms with van der Waals surface area (Å²) in [6, 6.07) is 58.1.